The number of ether oxygens (including phenoxy) is 1. The van der Waals surface area contributed by atoms with Gasteiger partial charge in [0.25, 0.3) is 0 Å². The predicted molar refractivity (Wildman–Crippen MR) is 81.8 cm³/mol. The summed E-state index contributed by atoms with van der Waals surface area (Å²) in [5.74, 6) is -0.253. The number of hydrogen-bond donors (Lipinski definition) is 0. The molecule has 5 nitrogen and oxygen atoms in total. The molecule has 22 heavy (non-hydrogen) atoms. The van der Waals surface area contributed by atoms with Gasteiger partial charge in [0.05, 0.1) is 6.54 Å². The minimum absolute atomic E-state index is 0.00763. The van der Waals surface area contributed by atoms with E-state index in [2.05, 4.69) is 0 Å². The van der Waals surface area contributed by atoms with Gasteiger partial charge in [-0.2, -0.15) is 0 Å². The second kappa shape index (κ2) is 5.48. The molecule has 0 saturated carbocycles. The van der Waals surface area contributed by atoms with E-state index in [1.54, 1.807) is 11.0 Å². The summed E-state index contributed by atoms with van der Waals surface area (Å²) in [5, 5.41) is 0.895. The number of likely N-dealkylation sites (tertiary alicyclic amines) is 1. The maximum Gasteiger partial charge on any atom is 0.374 e. The number of aryl methyl sites for hydroxylation is 2. The van der Waals surface area contributed by atoms with Gasteiger partial charge in [0.2, 0.25) is 11.7 Å². The van der Waals surface area contributed by atoms with Crippen LogP contribution in [0.2, 0.25) is 0 Å². The molecule has 0 radical (unpaired) electrons. The zero-order valence-electron chi connectivity index (χ0n) is 13.0. The number of carbonyl (C=O) groups is 2. The highest BCUT2D eigenvalue weighted by Gasteiger charge is 2.28. The van der Waals surface area contributed by atoms with Crippen LogP contribution >= 0.6 is 0 Å². The van der Waals surface area contributed by atoms with Crippen LogP contribution in [0.25, 0.3) is 11.0 Å². The Morgan fingerprint density at radius 3 is 2.64 bits per heavy atom. The fraction of sp³-hybridized carbons (Fsp3) is 0.412. The van der Waals surface area contributed by atoms with Crippen molar-refractivity contribution in [3.8, 4) is 0 Å². The molecule has 5 heteroatoms. The van der Waals surface area contributed by atoms with Crippen LogP contribution in [0.3, 0.4) is 0 Å². The Bertz CT molecular complexity index is 707. The lowest BCUT2D eigenvalue weighted by Gasteiger charge is -2.13. The summed E-state index contributed by atoms with van der Waals surface area (Å²) in [6.45, 7) is 6.64. The molecule has 1 aliphatic rings. The van der Waals surface area contributed by atoms with Crippen LogP contribution in [0.5, 0.6) is 0 Å². The van der Waals surface area contributed by atoms with Gasteiger partial charge in [-0.1, -0.05) is 0 Å². The number of furan rings is 1. The molecule has 1 fully saturated rings. The molecule has 0 aliphatic carbocycles. The summed E-state index contributed by atoms with van der Waals surface area (Å²) in [6, 6.07) is 5.63. The number of rotatable bonds is 2. The molecule has 2 aromatic rings. The molecule has 1 saturated heterocycles. The van der Waals surface area contributed by atoms with Gasteiger partial charge in [-0.05, 0) is 43.2 Å². The number of esters is 1. The van der Waals surface area contributed by atoms with E-state index < -0.39 is 5.97 Å². The van der Waals surface area contributed by atoms with Crippen molar-refractivity contribution in [3.63, 3.8) is 0 Å². The molecule has 1 amide bonds. The number of carbonyl (C=O) groups excluding carboxylic acids is 2. The minimum Gasteiger partial charge on any atom is -0.455 e. The summed E-state index contributed by atoms with van der Waals surface area (Å²) in [6.07, 6.45) is 0.414. The van der Waals surface area contributed by atoms with E-state index in [0.29, 0.717) is 25.1 Å². The van der Waals surface area contributed by atoms with Gasteiger partial charge in [0.15, 0.2) is 0 Å². The van der Waals surface area contributed by atoms with Gasteiger partial charge in [0.1, 0.15) is 11.7 Å². The van der Waals surface area contributed by atoms with Crippen molar-refractivity contribution in [2.45, 2.75) is 33.3 Å². The van der Waals surface area contributed by atoms with Gasteiger partial charge in [0, 0.05) is 25.3 Å². The molecule has 3 rings (SSSR count). The van der Waals surface area contributed by atoms with Crippen LogP contribution in [0.1, 0.15) is 35.0 Å². The van der Waals surface area contributed by atoms with E-state index >= 15 is 0 Å². The highest BCUT2D eigenvalue weighted by molar-refractivity contribution is 5.93. The Hall–Kier alpha value is -2.30. The van der Waals surface area contributed by atoms with Crippen molar-refractivity contribution >= 4 is 22.8 Å². The van der Waals surface area contributed by atoms with E-state index in [0.717, 1.165) is 16.5 Å². The number of amides is 1. The summed E-state index contributed by atoms with van der Waals surface area (Å²) < 4.78 is 11.0. The van der Waals surface area contributed by atoms with Crippen molar-refractivity contribution in [1.82, 2.24) is 4.90 Å². The monoisotopic (exact) mass is 301 g/mol. The smallest absolute Gasteiger partial charge is 0.374 e. The van der Waals surface area contributed by atoms with Gasteiger partial charge < -0.3 is 14.1 Å². The maximum absolute atomic E-state index is 12.2. The highest BCUT2D eigenvalue weighted by atomic mass is 16.6. The first-order chi connectivity index (χ1) is 10.4. The lowest BCUT2D eigenvalue weighted by molar-refractivity contribution is -0.128. The molecule has 1 unspecified atom stereocenters. The van der Waals surface area contributed by atoms with E-state index in [-0.39, 0.29) is 17.8 Å². The van der Waals surface area contributed by atoms with Crippen LogP contribution < -0.4 is 0 Å². The van der Waals surface area contributed by atoms with Crippen molar-refractivity contribution in [2.75, 3.05) is 13.1 Å². The number of fused-ring (bicyclic) bond motifs is 1. The summed E-state index contributed by atoms with van der Waals surface area (Å²) in [7, 11) is 0. The van der Waals surface area contributed by atoms with Crippen molar-refractivity contribution in [1.29, 1.82) is 0 Å². The van der Waals surface area contributed by atoms with Crippen LogP contribution in [0.15, 0.2) is 22.6 Å². The maximum atomic E-state index is 12.2. The van der Waals surface area contributed by atoms with E-state index in [1.807, 2.05) is 26.0 Å². The zero-order chi connectivity index (χ0) is 15.9. The first-order valence-electron chi connectivity index (χ1n) is 7.41. The first kappa shape index (κ1) is 14.6. The number of benzene rings is 1. The second-order valence-corrected chi connectivity index (χ2v) is 5.87. The minimum atomic E-state index is -0.470. The average molecular weight is 301 g/mol. The van der Waals surface area contributed by atoms with Crippen LogP contribution in [-0.2, 0) is 9.53 Å². The summed E-state index contributed by atoms with van der Waals surface area (Å²) in [4.78, 5) is 25.2. The van der Waals surface area contributed by atoms with Gasteiger partial charge >= 0.3 is 5.97 Å². The zero-order valence-corrected chi connectivity index (χ0v) is 13.0. The Labute approximate surface area is 128 Å². The predicted octanol–water partition coefficient (Wildman–Crippen LogP) is 2.83. The molecule has 2 heterocycles. The Balaban J connectivity index is 1.74. The standard InChI is InChI=1S/C17H19NO4/c1-10-6-13-8-16(22-15(13)7-11(10)2)17(20)21-14-4-5-18(9-14)12(3)19/h6-8,14H,4-5,9H2,1-3H3. The molecule has 0 spiro atoms. The molecule has 0 N–H and O–H groups in total. The van der Waals surface area contributed by atoms with Gasteiger partial charge in [-0.3, -0.25) is 4.79 Å². The van der Waals surface area contributed by atoms with Crippen molar-refractivity contribution in [2.24, 2.45) is 0 Å². The molecule has 1 atom stereocenters. The van der Waals surface area contributed by atoms with Crippen LogP contribution in [0.4, 0.5) is 0 Å². The normalized spacial score (nSPS) is 18.0. The average Bonchev–Trinajstić information content (AvgIpc) is 3.06. The third-order valence-corrected chi connectivity index (χ3v) is 4.20. The quantitative estimate of drug-likeness (QED) is 0.800. The van der Waals surface area contributed by atoms with Crippen molar-refractivity contribution < 1.29 is 18.7 Å². The van der Waals surface area contributed by atoms with Crippen molar-refractivity contribution in [3.05, 3.63) is 35.1 Å². The summed E-state index contributed by atoms with van der Waals surface area (Å²) in [5.41, 5.74) is 2.96. The number of nitrogens with zero attached hydrogens (tertiary/aromatic N) is 1. The number of hydrogen-bond acceptors (Lipinski definition) is 4. The van der Waals surface area contributed by atoms with E-state index in [9.17, 15) is 9.59 Å². The lowest BCUT2D eigenvalue weighted by Crippen LogP contribution is -2.28. The second-order valence-electron chi connectivity index (χ2n) is 5.87. The largest absolute Gasteiger partial charge is 0.455 e. The third-order valence-electron chi connectivity index (χ3n) is 4.20. The topological polar surface area (TPSA) is 59.8 Å². The van der Waals surface area contributed by atoms with Gasteiger partial charge in [-0.15, -0.1) is 0 Å². The molecule has 1 aliphatic heterocycles. The molecular formula is C17H19NO4. The Morgan fingerprint density at radius 2 is 1.95 bits per heavy atom. The Kier molecular flexibility index (Phi) is 3.64. The molecule has 0 bridgehead atoms. The van der Waals surface area contributed by atoms with Gasteiger partial charge in [-0.25, -0.2) is 4.79 Å². The van der Waals surface area contributed by atoms with Crippen LogP contribution in [0, 0.1) is 13.8 Å². The first-order valence-corrected chi connectivity index (χ1v) is 7.41. The third kappa shape index (κ3) is 2.71. The molecule has 116 valence electrons. The summed E-state index contributed by atoms with van der Waals surface area (Å²) >= 11 is 0. The van der Waals surface area contributed by atoms with E-state index in [1.165, 1.54) is 6.92 Å². The molecule has 1 aromatic carbocycles. The molecule has 1 aromatic heterocycles. The molecular weight excluding hydrogens is 282 g/mol. The fourth-order valence-corrected chi connectivity index (χ4v) is 2.72. The van der Waals surface area contributed by atoms with E-state index in [4.69, 9.17) is 9.15 Å². The lowest BCUT2D eigenvalue weighted by atomic mass is 10.1. The SMILES string of the molecule is CC(=O)N1CCC(OC(=O)c2cc3cc(C)c(C)cc3o2)C1. The van der Waals surface area contributed by atoms with Crippen LogP contribution in [-0.4, -0.2) is 36.0 Å². The highest BCUT2D eigenvalue weighted by Crippen LogP contribution is 2.24. The Morgan fingerprint density at radius 1 is 1.23 bits per heavy atom. The fourth-order valence-electron chi connectivity index (χ4n) is 2.72.